The molecule has 0 saturated carbocycles. The molecule has 1 fully saturated rings. The van der Waals surface area contributed by atoms with Gasteiger partial charge in [0.05, 0.1) is 0 Å². The summed E-state index contributed by atoms with van der Waals surface area (Å²) in [6.07, 6.45) is 3.24. The number of rotatable bonds is 4. The maximum absolute atomic E-state index is 13.7. The minimum absolute atomic E-state index is 0.0610. The van der Waals surface area contributed by atoms with E-state index in [1.807, 2.05) is 4.90 Å². The first kappa shape index (κ1) is 16.4. The Morgan fingerprint density at radius 3 is 2.71 bits per heavy atom. The minimum Gasteiger partial charge on any atom is -0.366 e. The number of halogens is 1. The van der Waals surface area contributed by atoms with Crippen LogP contribution in [0.2, 0.25) is 0 Å². The summed E-state index contributed by atoms with van der Waals surface area (Å²) in [5.41, 5.74) is 0.943. The van der Waals surface area contributed by atoms with Gasteiger partial charge < -0.3 is 10.2 Å². The van der Waals surface area contributed by atoms with Crippen molar-refractivity contribution >= 4 is 11.7 Å². The van der Waals surface area contributed by atoms with Crippen molar-refractivity contribution in [3.63, 3.8) is 0 Å². The van der Waals surface area contributed by atoms with Crippen LogP contribution >= 0.6 is 0 Å². The van der Waals surface area contributed by atoms with Gasteiger partial charge in [0, 0.05) is 31.3 Å². The lowest BCUT2D eigenvalue weighted by atomic mass is 10.1. The smallest absolute Gasteiger partial charge is 0.272 e. The molecule has 0 bridgehead atoms. The Hall–Kier alpha value is -2.50. The summed E-state index contributed by atoms with van der Waals surface area (Å²) in [4.78, 5) is 23.0. The van der Waals surface area contributed by atoms with Crippen molar-refractivity contribution in [2.75, 3.05) is 18.4 Å². The molecule has 1 aliphatic heterocycles. The highest BCUT2D eigenvalue weighted by Gasteiger charge is 2.20. The molecular formula is C18H21FN4O. The van der Waals surface area contributed by atoms with Crippen LogP contribution in [-0.4, -0.2) is 33.9 Å². The first-order valence-corrected chi connectivity index (χ1v) is 8.26. The molecule has 1 aromatic heterocycles. The summed E-state index contributed by atoms with van der Waals surface area (Å²) in [5, 5.41) is 3.08. The maximum Gasteiger partial charge on any atom is 0.272 e. The van der Waals surface area contributed by atoms with Gasteiger partial charge in [0.1, 0.15) is 23.2 Å². The molecule has 2 heterocycles. The second-order valence-corrected chi connectivity index (χ2v) is 5.98. The summed E-state index contributed by atoms with van der Waals surface area (Å²) < 4.78 is 13.7. The van der Waals surface area contributed by atoms with Gasteiger partial charge in [-0.2, -0.15) is 0 Å². The predicted octanol–water partition coefficient (Wildman–Crippen LogP) is 3.16. The van der Waals surface area contributed by atoms with E-state index in [9.17, 15) is 9.18 Å². The zero-order valence-electron chi connectivity index (χ0n) is 13.8. The van der Waals surface area contributed by atoms with Crippen molar-refractivity contribution in [3.05, 3.63) is 53.2 Å². The maximum atomic E-state index is 13.7. The van der Waals surface area contributed by atoms with Gasteiger partial charge in [-0.05, 0) is 32.3 Å². The van der Waals surface area contributed by atoms with Gasteiger partial charge in [0.25, 0.3) is 5.91 Å². The number of benzene rings is 1. The van der Waals surface area contributed by atoms with Crippen LogP contribution in [0.1, 0.15) is 41.1 Å². The number of aromatic nitrogens is 2. The number of likely N-dealkylation sites (tertiary alicyclic amines) is 1. The number of carbonyl (C=O) groups is 1. The number of aryl methyl sites for hydroxylation is 1. The van der Waals surface area contributed by atoms with Crippen molar-refractivity contribution in [1.29, 1.82) is 0 Å². The molecule has 1 N–H and O–H groups in total. The van der Waals surface area contributed by atoms with Gasteiger partial charge in [-0.1, -0.05) is 18.2 Å². The topological polar surface area (TPSA) is 58.1 Å². The minimum atomic E-state index is -0.264. The molecule has 1 aromatic carbocycles. The van der Waals surface area contributed by atoms with Crippen LogP contribution in [0.15, 0.2) is 30.3 Å². The van der Waals surface area contributed by atoms with Gasteiger partial charge in [-0.3, -0.25) is 4.79 Å². The fraction of sp³-hybridized carbons (Fsp3) is 0.389. The van der Waals surface area contributed by atoms with E-state index in [1.165, 1.54) is 12.5 Å². The van der Waals surface area contributed by atoms with Gasteiger partial charge in [-0.15, -0.1) is 0 Å². The zero-order chi connectivity index (χ0) is 16.9. The fourth-order valence-corrected chi connectivity index (χ4v) is 2.85. The molecule has 126 valence electrons. The Balaban J connectivity index is 1.73. The molecule has 5 nitrogen and oxygen atoms in total. The molecule has 0 aliphatic carbocycles. The number of amides is 1. The molecule has 1 amide bonds. The van der Waals surface area contributed by atoms with Crippen molar-refractivity contribution in [1.82, 2.24) is 14.9 Å². The monoisotopic (exact) mass is 328 g/mol. The van der Waals surface area contributed by atoms with E-state index in [0.717, 1.165) is 25.9 Å². The average molecular weight is 328 g/mol. The lowest BCUT2D eigenvalue weighted by Gasteiger charge is -2.26. The van der Waals surface area contributed by atoms with E-state index in [2.05, 4.69) is 15.3 Å². The highest BCUT2D eigenvalue weighted by atomic mass is 19.1. The zero-order valence-corrected chi connectivity index (χ0v) is 13.8. The van der Waals surface area contributed by atoms with Crippen molar-refractivity contribution < 1.29 is 9.18 Å². The van der Waals surface area contributed by atoms with Gasteiger partial charge in [-0.25, -0.2) is 14.4 Å². The van der Waals surface area contributed by atoms with E-state index in [0.29, 0.717) is 29.4 Å². The van der Waals surface area contributed by atoms with Crippen molar-refractivity contribution in [3.8, 4) is 0 Å². The molecule has 0 unspecified atom stereocenters. The number of carbonyl (C=O) groups excluding carboxylic acids is 1. The Morgan fingerprint density at radius 1 is 1.21 bits per heavy atom. The van der Waals surface area contributed by atoms with Crippen molar-refractivity contribution in [2.24, 2.45) is 0 Å². The standard InChI is InChI=1S/C18H21FN4O/c1-13-21-16(18(24)23-9-5-2-6-10-23)11-17(22-13)20-12-14-7-3-4-8-15(14)19/h3-4,7-8,11H,2,5-6,9-10,12H2,1H3,(H,20,21,22). The molecule has 3 rings (SSSR count). The second kappa shape index (κ2) is 7.38. The van der Waals surface area contributed by atoms with E-state index in [-0.39, 0.29) is 11.7 Å². The quantitative estimate of drug-likeness (QED) is 0.936. The van der Waals surface area contributed by atoms with E-state index < -0.39 is 0 Å². The highest BCUT2D eigenvalue weighted by Crippen LogP contribution is 2.15. The number of piperidine rings is 1. The third-order valence-corrected chi connectivity index (χ3v) is 4.12. The second-order valence-electron chi connectivity index (χ2n) is 5.98. The molecule has 0 spiro atoms. The van der Waals surface area contributed by atoms with Crippen molar-refractivity contribution in [2.45, 2.75) is 32.7 Å². The normalized spacial score (nSPS) is 14.5. The Morgan fingerprint density at radius 2 is 1.96 bits per heavy atom. The summed E-state index contributed by atoms with van der Waals surface area (Å²) >= 11 is 0. The molecule has 1 aliphatic rings. The number of hydrogen-bond acceptors (Lipinski definition) is 4. The van der Waals surface area contributed by atoms with Gasteiger partial charge in [0.15, 0.2) is 0 Å². The fourth-order valence-electron chi connectivity index (χ4n) is 2.85. The first-order chi connectivity index (χ1) is 11.6. The number of anilines is 1. The number of hydrogen-bond donors (Lipinski definition) is 1. The molecule has 1 saturated heterocycles. The summed E-state index contributed by atoms with van der Waals surface area (Å²) in [7, 11) is 0. The average Bonchev–Trinajstić information content (AvgIpc) is 2.61. The Labute approximate surface area is 140 Å². The summed E-state index contributed by atoms with van der Waals surface area (Å²) in [6.45, 7) is 3.61. The molecule has 2 aromatic rings. The number of nitrogens with one attached hydrogen (secondary N) is 1. The van der Waals surface area contributed by atoms with Crippen LogP contribution < -0.4 is 5.32 Å². The predicted molar refractivity (Wildman–Crippen MR) is 90.3 cm³/mol. The van der Waals surface area contributed by atoms with Crippen LogP contribution in [0.25, 0.3) is 0 Å². The summed E-state index contributed by atoms with van der Waals surface area (Å²) in [5.74, 6) is 0.731. The molecular weight excluding hydrogens is 307 g/mol. The van der Waals surface area contributed by atoms with Crippen LogP contribution in [0.4, 0.5) is 10.2 Å². The molecule has 24 heavy (non-hydrogen) atoms. The number of nitrogens with zero attached hydrogens (tertiary/aromatic N) is 3. The lowest BCUT2D eigenvalue weighted by molar-refractivity contribution is 0.0718. The first-order valence-electron chi connectivity index (χ1n) is 8.26. The van der Waals surface area contributed by atoms with E-state index >= 15 is 0 Å². The SMILES string of the molecule is Cc1nc(NCc2ccccc2F)cc(C(=O)N2CCCCC2)n1. The third-order valence-electron chi connectivity index (χ3n) is 4.12. The van der Waals surface area contributed by atoms with Crippen LogP contribution in [0.5, 0.6) is 0 Å². The van der Waals surface area contributed by atoms with E-state index in [4.69, 9.17) is 0 Å². The van der Waals surface area contributed by atoms with Crippen LogP contribution in [-0.2, 0) is 6.54 Å². The lowest BCUT2D eigenvalue weighted by Crippen LogP contribution is -2.36. The van der Waals surface area contributed by atoms with Crippen LogP contribution in [0.3, 0.4) is 0 Å². The van der Waals surface area contributed by atoms with Gasteiger partial charge >= 0.3 is 0 Å². The Bertz CT molecular complexity index is 729. The van der Waals surface area contributed by atoms with Gasteiger partial charge in [0.2, 0.25) is 0 Å². The third kappa shape index (κ3) is 3.88. The highest BCUT2D eigenvalue weighted by molar-refractivity contribution is 5.93. The molecule has 6 heteroatoms. The Kier molecular flexibility index (Phi) is 5.03. The molecule has 0 radical (unpaired) electrons. The summed E-state index contributed by atoms with van der Waals surface area (Å²) in [6, 6.07) is 8.23. The largest absolute Gasteiger partial charge is 0.366 e. The van der Waals surface area contributed by atoms with E-state index in [1.54, 1.807) is 31.2 Å². The molecule has 0 atom stereocenters. The van der Waals surface area contributed by atoms with Crippen LogP contribution in [0, 0.1) is 12.7 Å².